The summed E-state index contributed by atoms with van der Waals surface area (Å²) in [5.74, 6) is 0. The predicted octanol–water partition coefficient (Wildman–Crippen LogP) is 0.645. The molecule has 1 rings (SSSR count). The summed E-state index contributed by atoms with van der Waals surface area (Å²) in [6, 6.07) is 2.36. The monoisotopic (exact) mass is 66.0 g/mol. The largest absolute Gasteiger partial charge is 0.194 e. The standard InChI is InChI=1S/C3H2N2/c1-2-5-3-4-1/h1-2H. The molecule has 0 N–H and O–H groups in total. The first-order chi connectivity index (χ1) is 2.50. The van der Waals surface area contributed by atoms with Gasteiger partial charge < -0.3 is 0 Å². The van der Waals surface area contributed by atoms with Crippen molar-refractivity contribution in [1.29, 1.82) is 0 Å². The molecule has 0 saturated heterocycles. The fourth-order valence-electron chi connectivity index (χ4n) is 0.167. The molecule has 5 heavy (non-hydrogen) atoms. The molecule has 0 atom stereocenters. The van der Waals surface area contributed by atoms with E-state index in [1.807, 2.05) is 0 Å². The van der Waals surface area contributed by atoms with Gasteiger partial charge in [0.25, 0.3) is 0 Å². The van der Waals surface area contributed by atoms with Crippen LogP contribution in [0.25, 0.3) is 0 Å². The van der Waals surface area contributed by atoms with Gasteiger partial charge in [0.05, 0.1) is 18.4 Å². The second kappa shape index (κ2) is 0.826. The number of nitrogens with zero attached hydrogens (tertiary/aromatic N) is 2. The van der Waals surface area contributed by atoms with Crippen LogP contribution in [-0.2, 0) is 0 Å². The van der Waals surface area contributed by atoms with Crippen LogP contribution in [0.5, 0.6) is 0 Å². The summed E-state index contributed by atoms with van der Waals surface area (Å²) in [6.45, 7) is 0. The van der Waals surface area contributed by atoms with Crippen LogP contribution in [0.15, 0.2) is 22.4 Å². The molecule has 0 aromatic heterocycles. The van der Waals surface area contributed by atoms with Crippen molar-refractivity contribution in [3.8, 4) is 0 Å². The maximum Gasteiger partial charge on any atom is 0.0994 e. The normalized spacial score (nSPS) is 14.4. The van der Waals surface area contributed by atoms with E-state index < -0.39 is 0 Å². The highest BCUT2D eigenvalue weighted by molar-refractivity contribution is 5.46. The van der Waals surface area contributed by atoms with Gasteiger partial charge in [0.1, 0.15) is 0 Å². The van der Waals surface area contributed by atoms with E-state index in [9.17, 15) is 0 Å². The van der Waals surface area contributed by atoms with Gasteiger partial charge in [-0.2, -0.15) is 9.98 Å². The first kappa shape index (κ1) is 2.36. The Morgan fingerprint density at radius 3 is 2.00 bits per heavy atom. The molecule has 0 amide bonds. The van der Waals surface area contributed by atoms with Gasteiger partial charge in [-0.3, -0.25) is 0 Å². The average Bonchev–Trinajstić information content (AvgIpc) is 1.76. The van der Waals surface area contributed by atoms with Gasteiger partial charge in [-0.25, -0.2) is 0 Å². The average molecular weight is 66.1 g/mol. The van der Waals surface area contributed by atoms with Crippen molar-refractivity contribution in [2.45, 2.75) is 0 Å². The van der Waals surface area contributed by atoms with Gasteiger partial charge in [0.15, 0.2) is 0 Å². The van der Waals surface area contributed by atoms with E-state index in [0.29, 0.717) is 0 Å². The molecule has 0 spiro atoms. The van der Waals surface area contributed by atoms with Crippen molar-refractivity contribution in [2.75, 3.05) is 0 Å². The summed E-state index contributed by atoms with van der Waals surface area (Å²) in [7, 11) is 0. The van der Waals surface area contributed by atoms with E-state index in [1.54, 1.807) is 12.4 Å². The Balaban J connectivity index is 2.98. The molecule has 1 aliphatic heterocycles. The van der Waals surface area contributed by atoms with Crippen molar-refractivity contribution in [3.63, 3.8) is 0 Å². The molecule has 1 heterocycles. The van der Waals surface area contributed by atoms with Gasteiger partial charge in [-0.05, 0) is 0 Å². The number of hydrogen-bond donors (Lipinski definition) is 0. The van der Waals surface area contributed by atoms with Crippen LogP contribution in [0.4, 0.5) is 0 Å². The third-order valence-corrected chi connectivity index (χ3v) is 0.331. The lowest BCUT2D eigenvalue weighted by atomic mass is 11.0. The van der Waals surface area contributed by atoms with Crippen LogP contribution in [0.2, 0.25) is 0 Å². The molecule has 0 saturated carbocycles. The Hall–Kier alpha value is -0.880. The molecular formula is C3H2N2. The SMILES string of the molecule is C1=NC=CN=1. The minimum Gasteiger partial charge on any atom is -0.194 e. The lowest BCUT2D eigenvalue weighted by Gasteiger charge is -1.45. The number of hydrogen-bond acceptors (Lipinski definition) is 2. The molecule has 0 aromatic rings. The first-order valence-electron chi connectivity index (χ1n) is 1.30. The number of aliphatic imine (C=N–C) groups is 2. The van der Waals surface area contributed by atoms with Crippen LogP contribution < -0.4 is 0 Å². The second-order valence-electron chi connectivity index (χ2n) is 0.656. The number of rotatable bonds is 0. The molecule has 0 bridgehead atoms. The molecule has 0 unspecified atom stereocenters. The van der Waals surface area contributed by atoms with Crippen molar-refractivity contribution in [1.82, 2.24) is 0 Å². The highest BCUT2D eigenvalue weighted by Crippen LogP contribution is 1.77. The second-order valence-corrected chi connectivity index (χ2v) is 0.656. The van der Waals surface area contributed by atoms with Crippen molar-refractivity contribution < 1.29 is 0 Å². The van der Waals surface area contributed by atoms with Crippen LogP contribution in [0, 0.1) is 0 Å². The fraction of sp³-hybridized carbons (Fsp3) is 0. The third-order valence-electron chi connectivity index (χ3n) is 0.331. The predicted molar refractivity (Wildman–Crippen MR) is 19.0 cm³/mol. The van der Waals surface area contributed by atoms with Crippen molar-refractivity contribution in [2.24, 2.45) is 9.98 Å². The Morgan fingerprint density at radius 1 is 1.20 bits per heavy atom. The highest BCUT2D eigenvalue weighted by atomic mass is 14.8. The fourth-order valence-corrected chi connectivity index (χ4v) is 0.167. The van der Waals surface area contributed by atoms with E-state index >= 15 is 0 Å². The zero-order chi connectivity index (χ0) is 3.54. The Labute approximate surface area is 29.6 Å². The third kappa shape index (κ3) is 0.231. The summed E-state index contributed by atoms with van der Waals surface area (Å²) in [4.78, 5) is 6.97. The first-order valence-corrected chi connectivity index (χ1v) is 1.30. The van der Waals surface area contributed by atoms with Gasteiger partial charge >= 0.3 is 0 Å². The van der Waals surface area contributed by atoms with E-state index in [2.05, 4.69) is 16.0 Å². The summed E-state index contributed by atoms with van der Waals surface area (Å²) in [6.07, 6.45) is 3.17. The highest BCUT2D eigenvalue weighted by Gasteiger charge is 1.63. The van der Waals surface area contributed by atoms with Gasteiger partial charge in [-0.15, -0.1) is 0 Å². The van der Waals surface area contributed by atoms with Gasteiger partial charge in [0, 0.05) is 0 Å². The summed E-state index contributed by atoms with van der Waals surface area (Å²) < 4.78 is 0. The summed E-state index contributed by atoms with van der Waals surface area (Å²) in [5, 5.41) is 0. The maximum atomic E-state index is 3.49. The molecule has 0 radical (unpaired) electrons. The van der Waals surface area contributed by atoms with E-state index in [-0.39, 0.29) is 0 Å². The Morgan fingerprint density at radius 2 is 1.80 bits per heavy atom. The molecule has 1 aliphatic rings. The zero-order valence-corrected chi connectivity index (χ0v) is 2.55. The van der Waals surface area contributed by atoms with Crippen LogP contribution in [-0.4, -0.2) is 6.01 Å². The lowest BCUT2D eigenvalue weighted by molar-refractivity contribution is 1.60. The minimum atomic E-state index is 1.58. The lowest BCUT2D eigenvalue weighted by Crippen LogP contribution is -1.28. The van der Waals surface area contributed by atoms with Crippen molar-refractivity contribution in [3.05, 3.63) is 12.4 Å². The van der Waals surface area contributed by atoms with Crippen LogP contribution >= 0.6 is 0 Å². The molecular weight excluding hydrogens is 64.0 g/mol. The van der Waals surface area contributed by atoms with Crippen molar-refractivity contribution >= 4 is 6.01 Å². The van der Waals surface area contributed by atoms with E-state index in [4.69, 9.17) is 0 Å². The Kier molecular flexibility index (Phi) is 0.390. The zero-order valence-electron chi connectivity index (χ0n) is 2.55. The molecule has 24 valence electrons. The van der Waals surface area contributed by atoms with Gasteiger partial charge in [-0.1, -0.05) is 0 Å². The van der Waals surface area contributed by atoms with E-state index in [1.165, 1.54) is 0 Å². The topological polar surface area (TPSA) is 24.7 Å². The van der Waals surface area contributed by atoms with E-state index in [0.717, 1.165) is 0 Å². The summed E-state index contributed by atoms with van der Waals surface area (Å²) >= 11 is 0. The molecule has 0 aliphatic carbocycles. The molecule has 2 nitrogen and oxygen atoms in total. The summed E-state index contributed by atoms with van der Waals surface area (Å²) in [5.41, 5.74) is 0. The van der Waals surface area contributed by atoms with Crippen LogP contribution in [0.3, 0.4) is 0 Å². The molecule has 2 heteroatoms. The smallest absolute Gasteiger partial charge is 0.0994 e. The maximum absolute atomic E-state index is 3.49. The van der Waals surface area contributed by atoms with Gasteiger partial charge in [0.2, 0.25) is 0 Å². The Bertz CT molecular complexity index is 96.1. The molecule has 0 aromatic carbocycles. The minimum absolute atomic E-state index is 1.58. The quantitative estimate of drug-likeness (QED) is 0.396. The molecule has 0 fully saturated rings. The van der Waals surface area contributed by atoms with Crippen LogP contribution in [0.1, 0.15) is 0 Å².